The molecule has 0 unspecified atom stereocenters. The van der Waals surface area contributed by atoms with Crippen molar-refractivity contribution >= 4 is 27.3 Å². The molecule has 1 aliphatic rings. The molecule has 30 heavy (non-hydrogen) atoms. The van der Waals surface area contributed by atoms with Crippen molar-refractivity contribution in [1.82, 2.24) is 5.32 Å². The van der Waals surface area contributed by atoms with Crippen molar-refractivity contribution in [2.24, 2.45) is 0 Å². The minimum atomic E-state index is -3.31. The number of sulfonamides is 1. The Morgan fingerprint density at radius 3 is 2.27 bits per heavy atom. The van der Waals surface area contributed by atoms with Gasteiger partial charge < -0.3 is 15.0 Å². The first-order chi connectivity index (χ1) is 14.3. The van der Waals surface area contributed by atoms with E-state index >= 15 is 0 Å². The number of anilines is 2. The molecule has 8 heteroatoms. The molecule has 0 saturated carbocycles. The summed E-state index contributed by atoms with van der Waals surface area (Å²) < 4.78 is 29.8. The first kappa shape index (κ1) is 22.0. The lowest BCUT2D eigenvalue weighted by Gasteiger charge is -2.28. The average Bonchev–Trinajstić information content (AvgIpc) is 2.76. The Balaban J connectivity index is 1.43. The summed E-state index contributed by atoms with van der Waals surface area (Å²) in [6.07, 6.45) is 4.94. The van der Waals surface area contributed by atoms with Gasteiger partial charge in [-0.25, -0.2) is 8.42 Å². The molecule has 2 aromatic carbocycles. The van der Waals surface area contributed by atoms with Gasteiger partial charge in [0.15, 0.2) is 6.61 Å². The number of ether oxygens (including phenoxy) is 1. The zero-order chi connectivity index (χ0) is 21.6. The zero-order valence-electron chi connectivity index (χ0n) is 17.5. The fourth-order valence-electron chi connectivity index (χ4n) is 3.32. The molecule has 162 valence electrons. The van der Waals surface area contributed by atoms with Gasteiger partial charge in [-0.15, -0.1) is 0 Å². The lowest BCUT2D eigenvalue weighted by molar-refractivity contribution is -0.123. The van der Waals surface area contributed by atoms with E-state index in [4.69, 9.17) is 4.74 Å². The summed E-state index contributed by atoms with van der Waals surface area (Å²) in [5.74, 6) is 0.286. The van der Waals surface area contributed by atoms with E-state index in [0.29, 0.717) is 18.0 Å². The SMILES string of the molecule is CN(c1ccc(OCC(=O)NCc2ccc(N3CCCCC3)cc2)cc1)S(C)(=O)=O. The second-order valence-corrected chi connectivity index (χ2v) is 9.52. The highest BCUT2D eigenvalue weighted by Crippen LogP contribution is 2.21. The van der Waals surface area contributed by atoms with E-state index in [9.17, 15) is 13.2 Å². The molecule has 1 fully saturated rings. The van der Waals surface area contributed by atoms with E-state index in [1.807, 2.05) is 12.1 Å². The van der Waals surface area contributed by atoms with Gasteiger partial charge in [-0.2, -0.15) is 0 Å². The number of piperidine rings is 1. The van der Waals surface area contributed by atoms with Crippen LogP contribution >= 0.6 is 0 Å². The van der Waals surface area contributed by atoms with Gasteiger partial charge in [-0.05, 0) is 61.2 Å². The maximum absolute atomic E-state index is 12.1. The number of amides is 1. The number of benzene rings is 2. The van der Waals surface area contributed by atoms with Crippen LogP contribution < -0.4 is 19.3 Å². The van der Waals surface area contributed by atoms with Crippen molar-refractivity contribution in [1.29, 1.82) is 0 Å². The van der Waals surface area contributed by atoms with Crippen LogP contribution in [0.4, 0.5) is 11.4 Å². The maximum Gasteiger partial charge on any atom is 0.258 e. The minimum absolute atomic E-state index is 0.104. The normalized spacial score (nSPS) is 14.3. The van der Waals surface area contributed by atoms with Crippen LogP contribution in [0.5, 0.6) is 5.75 Å². The lowest BCUT2D eigenvalue weighted by Crippen LogP contribution is -2.29. The highest BCUT2D eigenvalue weighted by atomic mass is 32.2. The summed E-state index contributed by atoms with van der Waals surface area (Å²) in [4.78, 5) is 14.5. The number of carbonyl (C=O) groups excluding carboxylic acids is 1. The molecule has 1 N–H and O–H groups in total. The molecule has 3 rings (SSSR count). The number of nitrogens with zero attached hydrogens (tertiary/aromatic N) is 2. The fraction of sp³-hybridized carbons (Fsp3) is 0.409. The van der Waals surface area contributed by atoms with Crippen LogP contribution in [0, 0.1) is 0 Å². The number of hydrogen-bond acceptors (Lipinski definition) is 5. The van der Waals surface area contributed by atoms with Crippen LogP contribution in [0.25, 0.3) is 0 Å². The van der Waals surface area contributed by atoms with Gasteiger partial charge >= 0.3 is 0 Å². The summed E-state index contributed by atoms with van der Waals surface area (Å²) in [6.45, 7) is 2.56. The summed E-state index contributed by atoms with van der Waals surface area (Å²) >= 11 is 0. The number of carbonyl (C=O) groups is 1. The summed E-state index contributed by atoms with van der Waals surface area (Å²) in [5.41, 5.74) is 2.80. The highest BCUT2D eigenvalue weighted by Gasteiger charge is 2.12. The first-order valence-corrected chi connectivity index (χ1v) is 11.9. The van der Waals surface area contributed by atoms with Crippen LogP contribution in [-0.4, -0.2) is 47.3 Å². The van der Waals surface area contributed by atoms with Gasteiger partial charge in [0.25, 0.3) is 5.91 Å². The highest BCUT2D eigenvalue weighted by molar-refractivity contribution is 7.92. The van der Waals surface area contributed by atoms with Crippen molar-refractivity contribution < 1.29 is 17.9 Å². The van der Waals surface area contributed by atoms with Gasteiger partial charge in [0.2, 0.25) is 10.0 Å². The lowest BCUT2D eigenvalue weighted by atomic mass is 10.1. The third-order valence-corrected chi connectivity index (χ3v) is 6.42. The van der Waals surface area contributed by atoms with Gasteiger partial charge in [0.05, 0.1) is 11.9 Å². The third-order valence-electron chi connectivity index (χ3n) is 5.21. The van der Waals surface area contributed by atoms with E-state index in [0.717, 1.165) is 24.9 Å². The molecule has 0 aliphatic carbocycles. The van der Waals surface area contributed by atoms with Gasteiger partial charge in [-0.1, -0.05) is 12.1 Å². The number of hydrogen-bond donors (Lipinski definition) is 1. The molecule has 0 aromatic heterocycles. The standard InChI is InChI=1S/C22H29N3O4S/c1-24(30(2,27)28)19-10-12-21(13-11-19)29-17-22(26)23-16-18-6-8-20(9-7-18)25-14-4-3-5-15-25/h6-13H,3-5,14-17H2,1-2H3,(H,23,26). The number of rotatable bonds is 8. The Labute approximate surface area is 178 Å². The van der Waals surface area contributed by atoms with Crippen LogP contribution in [0.15, 0.2) is 48.5 Å². The Bertz CT molecular complexity index is 937. The van der Waals surface area contributed by atoms with E-state index < -0.39 is 10.0 Å². The summed E-state index contributed by atoms with van der Waals surface area (Å²) in [6, 6.07) is 14.9. The van der Waals surface area contributed by atoms with Crippen molar-refractivity contribution in [2.75, 3.05) is 42.2 Å². The molecule has 1 aliphatic heterocycles. The Kier molecular flexibility index (Phi) is 7.20. The summed E-state index contributed by atoms with van der Waals surface area (Å²) in [5, 5.41) is 2.85. The maximum atomic E-state index is 12.1. The molecule has 0 spiro atoms. The molecule has 0 bridgehead atoms. The Morgan fingerprint density at radius 1 is 1.03 bits per heavy atom. The molecule has 0 radical (unpaired) electrons. The fourth-order valence-corrected chi connectivity index (χ4v) is 3.83. The van der Waals surface area contributed by atoms with E-state index in [-0.39, 0.29) is 12.5 Å². The van der Waals surface area contributed by atoms with Gasteiger partial charge in [-0.3, -0.25) is 9.10 Å². The second-order valence-electron chi connectivity index (χ2n) is 7.50. The van der Waals surface area contributed by atoms with Crippen LogP contribution in [0.1, 0.15) is 24.8 Å². The Morgan fingerprint density at radius 2 is 1.67 bits per heavy atom. The van der Waals surface area contributed by atoms with Gasteiger partial charge in [0, 0.05) is 32.4 Å². The van der Waals surface area contributed by atoms with Crippen LogP contribution in [-0.2, 0) is 21.4 Å². The minimum Gasteiger partial charge on any atom is -0.484 e. The zero-order valence-corrected chi connectivity index (χ0v) is 18.3. The molecular formula is C22H29N3O4S. The van der Waals surface area contributed by atoms with Gasteiger partial charge in [0.1, 0.15) is 5.75 Å². The van der Waals surface area contributed by atoms with E-state index in [2.05, 4.69) is 22.3 Å². The molecule has 0 atom stereocenters. The first-order valence-electron chi connectivity index (χ1n) is 10.1. The average molecular weight is 432 g/mol. The van der Waals surface area contributed by atoms with Crippen molar-refractivity contribution in [3.05, 3.63) is 54.1 Å². The topological polar surface area (TPSA) is 79.0 Å². The molecule has 7 nitrogen and oxygen atoms in total. The van der Waals surface area contributed by atoms with Crippen molar-refractivity contribution in [3.63, 3.8) is 0 Å². The largest absolute Gasteiger partial charge is 0.484 e. The van der Waals surface area contributed by atoms with E-state index in [1.54, 1.807) is 24.3 Å². The molecule has 2 aromatic rings. The summed E-state index contributed by atoms with van der Waals surface area (Å²) in [7, 11) is -1.83. The second kappa shape index (κ2) is 9.84. The smallest absolute Gasteiger partial charge is 0.258 e. The Hall–Kier alpha value is -2.74. The van der Waals surface area contributed by atoms with Crippen LogP contribution in [0.3, 0.4) is 0 Å². The quantitative estimate of drug-likeness (QED) is 0.695. The predicted molar refractivity (Wildman–Crippen MR) is 120 cm³/mol. The van der Waals surface area contributed by atoms with Crippen molar-refractivity contribution in [2.45, 2.75) is 25.8 Å². The predicted octanol–water partition coefficient (Wildman–Crippen LogP) is 2.77. The van der Waals surface area contributed by atoms with Crippen molar-refractivity contribution in [3.8, 4) is 5.75 Å². The molecule has 1 heterocycles. The number of nitrogens with one attached hydrogen (secondary N) is 1. The molecule has 1 amide bonds. The van der Waals surface area contributed by atoms with Crippen LogP contribution in [0.2, 0.25) is 0 Å². The monoisotopic (exact) mass is 431 g/mol. The van der Waals surface area contributed by atoms with E-state index in [1.165, 1.54) is 36.3 Å². The molecular weight excluding hydrogens is 402 g/mol. The third kappa shape index (κ3) is 6.13. The molecule has 1 saturated heterocycles.